The molecule has 5 fully saturated rings. The second-order valence-corrected chi connectivity index (χ2v) is 12.0. The van der Waals surface area contributed by atoms with Crippen LogP contribution in [0.3, 0.4) is 0 Å². The fourth-order valence-corrected chi connectivity index (χ4v) is 7.45. The van der Waals surface area contributed by atoms with E-state index < -0.39 is 0 Å². The first-order valence-corrected chi connectivity index (χ1v) is 12.2. The zero-order chi connectivity index (χ0) is 20.2. The molecule has 158 valence electrons. The van der Waals surface area contributed by atoms with Crippen LogP contribution < -0.4 is 0 Å². The molecule has 5 saturated carbocycles. The van der Waals surface area contributed by atoms with Gasteiger partial charge in [0.15, 0.2) is 0 Å². The molecule has 5 aliphatic rings. The third-order valence-corrected chi connectivity index (χ3v) is 8.61. The van der Waals surface area contributed by atoms with Crippen molar-refractivity contribution >= 4 is 6.21 Å². The Labute approximate surface area is 177 Å². The zero-order valence-electron chi connectivity index (χ0n) is 18.7. The summed E-state index contributed by atoms with van der Waals surface area (Å²) in [6, 6.07) is 5.04. The lowest BCUT2D eigenvalue weighted by atomic mass is 9.47. The van der Waals surface area contributed by atoms with Crippen LogP contribution in [0, 0.1) is 17.8 Å². The van der Waals surface area contributed by atoms with Gasteiger partial charge in [0.05, 0.1) is 0 Å². The van der Waals surface area contributed by atoms with Crippen LogP contribution in [0.4, 0.5) is 0 Å². The van der Waals surface area contributed by atoms with Gasteiger partial charge in [-0.1, -0.05) is 46.1 Å². The summed E-state index contributed by atoms with van der Waals surface area (Å²) in [4.78, 5) is 4.94. The van der Waals surface area contributed by atoms with Crippen LogP contribution in [0.1, 0.15) is 108 Å². The monoisotopic (exact) mass is 393 g/mol. The number of nitrogens with zero attached hydrogens (tertiary/aromatic N) is 1. The molecule has 0 unspecified atom stereocenters. The van der Waals surface area contributed by atoms with Crippen LogP contribution in [-0.2, 0) is 10.8 Å². The van der Waals surface area contributed by atoms with Crippen molar-refractivity contribution < 1.29 is 5.11 Å². The number of hydrogen-bond donors (Lipinski definition) is 1. The van der Waals surface area contributed by atoms with E-state index in [1.165, 1.54) is 81.8 Å². The second-order valence-electron chi connectivity index (χ2n) is 12.0. The van der Waals surface area contributed by atoms with Gasteiger partial charge in [0.1, 0.15) is 5.75 Å². The molecule has 0 aliphatic heterocycles. The maximum absolute atomic E-state index is 11.5. The SMILES string of the molecule is CC(C)(C)c1cc(C=NC2CCCCC2)c(O)c(C23CC4CC(CC(C4)C2)C3)c1. The summed E-state index contributed by atoms with van der Waals surface area (Å²) < 4.78 is 0. The van der Waals surface area contributed by atoms with Gasteiger partial charge in [-0.05, 0) is 91.6 Å². The molecule has 0 saturated heterocycles. The van der Waals surface area contributed by atoms with Crippen LogP contribution >= 0.6 is 0 Å². The fourth-order valence-electron chi connectivity index (χ4n) is 7.45. The van der Waals surface area contributed by atoms with E-state index in [4.69, 9.17) is 4.99 Å². The van der Waals surface area contributed by atoms with Crippen LogP contribution in [0.15, 0.2) is 17.1 Å². The summed E-state index contributed by atoms with van der Waals surface area (Å²) in [7, 11) is 0. The molecule has 5 aliphatic carbocycles. The van der Waals surface area contributed by atoms with Crippen molar-refractivity contribution in [3.63, 3.8) is 0 Å². The van der Waals surface area contributed by atoms with Gasteiger partial charge in [0.2, 0.25) is 0 Å². The molecule has 2 nitrogen and oxygen atoms in total. The summed E-state index contributed by atoms with van der Waals surface area (Å²) in [5.41, 5.74) is 3.88. The van der Waals surface area contributed by atoms with Crippen molar-refractivity contribution in [2.24, 2.45) is 22.7 Å². The maximum Gasteiger partial charge on any atom is 0.128 e. The summed E-state index contributed by atoms with van der Waals surface area (Å²) in [5.74, 6) is 3.20. The summed E-state index contributed by atoms with van der Waals surface area (Å²) in [6.07, 6.45) is 16.6. The number of phenols is 1. The van der Waals surface area contributed by atoms with Gasteiger partial charge in [-0.2, -0.15) is 0 Å². The molecule has 6 rings (SSSR count). The quantitative estimate of drug-likeness (QED) is 0.556. The molecule has 0 aromatic heterocycles. The summed E-state index contributed by atoms with van der Waals surface area (Å²) in [5, 5.41) is 11.5. The van der Waals surface area contributed by atoms with E-state index in [9.17, 15) is 5.11 Å². The van der Waals surface area contributed by atoms with Gasteiger partial charge in [-0.25, -0.2) is 0 Å². The Morgan fingerprint density at radius 2 is 1.52 bits per heavy atom. The second kappa shape index (κ2) is 7.13. The molecule has 1 aromatic rings. The van der Waals surface area contributed by atoms with Gasteiger partial charge in [0.25, 0.3) is 0 Å². The average Bonchev–Trinajstić information content (AvgIpc) is 2.66. The number of benzene rings is 1. The molecule has 1 aromatic carbocycles. The third kappa shape index (κ3) is 3.66. The molecule has 0 spiro atoms. The fraction of sp³-hybridized carbons (Fsp3) is 0.741. The number of aliphatic imine (C=N–C) groups is 1. The first-order valence-electron chi connectivity index (χ1n) is 12.2. The van der Waals surface area contributed by atoms with Gasteiger partial charge < -0.3 is 5.11 Å². The number of aromatic hydroxyl groups is 1. The lowest BCUT2D eigenvalue weighted by Gasteiger charge is -2.57. The normalized spacial score (nSPS) is 34.9. The number of rotatable bonds is 3. The Balaban J connectivity index is 1.55. The molecule has 0 radical (unpaired) electrons. The van der Waals surface area contributed by atoms with E-state index in [0.717, 1.165) is 23.3 Å². The molecular formula is C27H39NO. The van der Waals surface area contributed by atoms with E-state index in [-0.39, 0.29) is 10.8 Å². The Hall–Kier alpha value is -1.31. The largest absolute Gasteiger partial charge is 0.507 e. The van der Waals surface area contributed by atoms with Crippen molar-refractivity contribution in [1.29, 1.82) is 0 Å². The maximum atomic E-state index is 11.5. The molecular weight excluding hydrogens is 354 g/mol. The first kappa shape index (κ1) is 19.6. The van der Waals surface area contributed by atoms with E-state index in [0.29, 0.717) is 11.8 Å². The summed E-state index contributed by atoms with van der Waals surface area (Å²) >= 11 is 0. The third-order valence-electron chi connectivity index (χ3n) is 8.61. The lowest BCUT2D eigenvalue weighted by Crippen LogP contribution is -2.48. The number of hydrogen-bond acceptors (Lipinski definition) is 2. The standard InChI is InChI=1S/C27H39NO/c1-26(2,3)22-12-21(17-28-23-7-5-4-6-8-23)25(29)24(13-22)27-14-18-9-19(15-27)11-20(10-18)16-27/h12-13,17-20,23,29H,4-11,14-16H2,1-3H3. The average molecular weight is 394 g/mol. The van der Waals surface area contributed by atoms with Gasteiger partial charge in [0, 0.05) is 23.4 Å². The lowest BCUT2D eigenvalue weighted by molar-refractivity contribution is -0.00619. The molecule has 0 atom stereocenters. The topological polar surface area (TPSA) is 32.6 Å². The van der Waals surface area contributed by atoms with Crippen molar-refractivity contribution in [2.45, 2.75) is 108 Å². The highest BCUT2D eigenvalue weighted by molar-refractivity contribution is 5.85. The predicted molar refractivity (Wildman–Crippen MR) is 121 cm³/mol. The highest BCUT2D eigenvalue weighted by Gasteiger charge is 2.52. The van der Waals surface area contributed by atoms with Crippen molar-refractivity contribution in [3.05, 3.63) is 28.8 Å². The number of phenolic OH excluding ortho intramolecular Hbond substituents is 1. The van der Waals surface area contributed by atoms with Crippen LogP contribution in [-0.4, -0.2) is 17.4 Å². The molecule has 0 amide bonds. The minimum atomic E-state index is 0.0815. The molecule has 4 bridgehead atoms. The van der Waals surface area contributed by atoms with Gasteiger partial charge in [-0.3, -0.25) is 4.99 Å². The smallest absolute Gasteiger partial charge is 0.128 e. The zero-order valence-corrected chi connectivity index (χ0v) is 18.7. The Morgan fingerprint density at radius 3 is 2.07 bits per heavy atom. The Kier molecular flexibility index (Phi) is 4.83. The molecule has 2 heteroatoms. The van der Waals surface area contributed by atoms with Crippen LogP contribution in [0.5, 0.6) is 5.75 Å². The van der Waals surface area contributed by atoms with Gasteiger partial charge >= 0.3 is 0 Å². The van der Waals surface area contributed by atoms with E-state index in [2.05, 4.69) is 32.9 Å². The van der Waals surface area contributed by atoms with Crippen LogP contribution in [0.2, 0.25) is 0 Å². The first-order chi connectivity index (χ1) is 13.8. The van der Waals surface area contributed by atoms with Crippen molar-refractivity contribution in [1.82, 2.24) is 0 Å². The highest BCUT2D eigenvalue weighted by Crippen LogP contribution is 2.62. The van der Waals surface area contributed by atoms with Crippen molar-refractivity contribution in [3.8, 4) is 5.75 Å². The molecule has 0 heterocycles. The Bertz CT molecular complexity index is 758. The molecule has 1 N–H and O–H groups in total. The summed E-state index contributed by atoms with van der Waals surface area (Å²) in [6.45, 7) is 6.89. The van der Waals surface area contributed by atoms with E-state index in [1.807, 2.05) is 6.21 Å². The van der Waals surface area contributed by atoms with Gasteiger partial charge in [-0.15, -0.1) is 0 Å². The van der Waals surface area contributed by atoms with E-state index >= 15 is 0 Å². The van der Waals surface area contributed by atoms with Crippen molar-refractivity contribution in [2.75, 3.05) is 0 Å². The highest BCUT2D eigenvalue weighted by atomic mass is 16.3. The van der Waals surface area contributed by atoms with E-state index in [1.54, 1.807) is 0 Å². The Morgan fingerprint density at radius 1 is 0.931 bits per heavy atom. The minimum Gasteiger partial charge on any atom is -0.507 e. The predicted octanol–water partition coefficient (Wildman–Crippen LogP) is 6.91. The minimum absolute atomic E-state index is 0.0815. The molecule has 29 heavy (non-hydrogen) atoms. The van der Waals surface area contributed by atoms with Crippen LogP contribution in [0.25, 0.3) is 0 Å².